The molecule has 6 nitrogen and oxygen atoms in total. The fourth-order valence-electron chi connectivity index (χ4n) is 4.13. The number of carbonyl (C=O) groups excluding carboxylic acids is 1. The van der Waals surface area contributed by atoms with Gasteiger partial charge in [-0.15, -0.1) is 0 Å². The minimum Gasteiger partial charge on any atom is -0.454 e. The monoisotopic (exact) mass is 410 g/mol. The number of fused-ring (bicyclic) bond motifs is 1. The van der Waals surface area contributed by atoms with Crippen LogP contribution in [0.1, 0.15) is 32.4 Å². The second-order valence-electron chi connectivity index (χ2n) is 9.11. The smallest absolute Gasteiger partial charge is 0.231 e. The number of para-hydroxylation sites is 1. The van der Waals surface area contributed by atoms with Crippen LogP contribution in [0.25, 0.3) is 0 Å². The predicted molar refractivity (Wildman–Crippen MR) is 117 cm³/mol. The van der Waals surface area contributed by atoms with Gasteiger partial charge in [-0.3, -0.25) is 4.79 Å². The molecule has 1 amide bonds. The molecule has 0 spiro atoms. The molecule has 2 aromatic carbocycles. The van der Waals surface area contributed by atoms with Crippen molar-refractivity contribution in [1.29, 1.82) is 0 Å². The topological polar surface area (TPSA) is 55.2 Å². The van der Waals surface area contributed by atoms with Crippen molar-refractivity contribution in [2.24, 2.45) is 5.41 Å². The highest BCUT2D eigenvalue weighted by Gasteiger charge is 2.31. The van der Waals surface area contributed by atoms with Gasteiger partial charge in [-0.05, 0) is 30.3 Å². The highest BCUT2D eigenvalue weighted by atomic mass is 16.7. The van der Waals surface area contributed by atoms with Gasteiger partial charge in [-0.1, -0.05) is 39.0 Å². The molecule has 0 aliphatic carbocycles. The maximum Gasteiger partial charge on any atom is 0.231 e. The number of rotatable bonds is 5. The first-order valence-electron chi connectivity index (χ1n) is 10.7. The summed E-state index contributed by atoms with van der Waals surface area (Å²) in [6.07, 6.45) is 0. The number of hydrogen-bond acceptors (Lipinski definition) is 4. The van der Waals surface area contributed by atoms with Crippen LogP contribution in [0.5, 0.6) is 11.5 Å². The molecule has 0 bridgehead atoms. The summed E-state index contributed by atoms with van der Waals surface area (Å²) in [5.74, 6) is 1.66. The van der Waals surface area contributed by atoms with Crippen molar-refractivity contribution in [3.05, 3.63) is 54.1 Å². The van der Waals surface area contributed by atoms with Gasteiger partial charge in [0.15, 0.2) is 11.5 Å². The molecule has 4 rings (SSSR count). The number of carbonyl (C=O) groups is 1. The van der Waals surface area contributed by atoms with Crippen LogP contribution >= 0.6 is 0 Å². The van der Waals surface area contributed by atoms with Crippen LogP contribution in [0.3, 0.4) is 0 Å². The number of piperazine rings is 1. The summed E-state index contributed by atoms with van der Waals surface area (Å²) in [5.41, 5.74) is 2.05. The molecule has 2 heterocycles. The summed E-state index contributed by atoms with van der Waals surface area (Å²) in [6.45, 7) is 10.7. The van der Waals surface area contributed by atoms with Crippen molar-refractivity contribution in [2.75, 3.05) is 44.4 Å². The van der Waals surface area contributed by atoms with E-state index in [9.17, 15) is 4.79 Å². The first kappa shape index (κ1) is 20.5. The highest BCUT2D eigenvalue weighted by molar-refractivity contribution is 5.81. The molecule has 0 aromatic heterocycles. The fourth-order valence-corrected chi connectivity index (χ4v) is 4.13. The average molecular weight is 411 g/mol. The van der Waals surface area contributed by atoms with Crippen LogP contribution in [0.4, 0.5) is 5.69 Å². The number of amides is 1. The van der Waals surface area contributed by atoms with E-state index in [1.807, 2.05) is 26.8 Å². The van der Waals surface area contributed by atoms with Crippen molar-refractivity contribution in [3.8, 4) is 11.5 Å². The fraction of sp³-hybridized carbons (Fsp3) is 0.458. The van der Waals surface area contributed by atoms with Crippen molar-refractivity contribution < 1.29 is 19.2 Å². The molecule has 0 radical (unpaired) electrons. The molecule has 2 N–H and O–H groups in total. The standard InChI is InChI=1S/C24H31N3O3/c1-24(2,3)23(28)25-16-20(18-9-10-21-22(15-18)30-17-29-21)27-13-11-26(12-14-27)19-7-5-4-6-8-19/h4-10,15,20H,11-14,16-17H2,1-3H3,(H,25,28)/p+1/t20-/m0/s1. The van der Waals surface area contributed by atoms with Crippen molar-refractivity contribution in [1.82, 2.24) is 5.32 Å². The van der Waals surface area contributed by atoms with Gasteiger partial charge in [0.1, 0.15) is 6.04 Å². The number of hydrogen-bond donors (Lipinski definition) is 2. The zero-order chi connectivity index (χ0) is 21.1. The van der Waals surface area contributed by atoms with Crippen molar-refractivity contribution in [2.45, 2.75) is 26.8 Å². The summed E-state index contributed by atoms with van der Waals surface area (Å²) in [4.78, 5) is 16.5. The molecule has 0 unspecified atom stereocenters. The average Bonchev–Trinajstić information content (AvgIpc) is 3.22. The van der Waals surface area contributed by atoms with Gasteiger partial charge in [-0.2, -0.15) is 0 Å². The summed E-state index contributed by atoms with van der Waals surface area (Å²) in [6, 6.07) is 16.9. The zero-order valence-corrected chi connectivity index (χ0v) is 18.1. The molecule has 6 heteroatoms. The Morgan fingerprint density at radius 1 is 1.07 bits per heavy atom. The molecule has 160 valence electrons. The summed E-state index contributed by atoms with van der Waals surface area (Å²) in [5, 5.41) is 3.18. The maximum atomic E-state index is 12.5. The normalized spacial score (nSPS) is 17.6. The first-order chi connectivity index (χ1) is 14.4. The van der Waals surface area contributed by atoms with E-state index < -0.39 is 5.41 Å². The molecule has 2 aliphatic rings. The van der Waals surface area contributed by atoms with Crippen LogP contribution in [0, 0.1) is 5.41 Å². The Morgan fingerprint density at radius 3 is 2.47 bits per heavy atom. The molecule has 2 aromatic rings. The number of anilines is 1. The largest absolute Gasteiger partial charge is 0.454 e. The third-order valence-corrected chi connectivity index (χ3v) is 5.97. The van der Waals surface area contributed by atoms with E-state index in [4.69, 9.17) is 9.47 Å². The Morgan fingerprint density at radius 2 is 1.77 bits per heavy atom. The Kier molecular flexibility index (Phi) is 5.86. The van der Waals surface area contributed by atoms with Crippen LogP contribution in [-0.4, -0.2) is 45.4 Å². The molecule has 2 aliphatic heterocycles. The van der Waals surface area contributed by atoms with Crippen molar-refractivity contribution in [3.63, 3.8) is 0 Å². The second kappa shape index (κ2) is 8.56. The zero-order valence-electron chi connectivity index (χ0n) is 18.1. The molecule has 1 fully saturated rings. The van der Waals surface area contributed by atoms with Crippen LogP contribution in [0.15, 0.2) is 48.5 Å². The minimum atomic E-state index is -0.402. The van der Waals surface area contributed by atoms with Crippen LogP contribution in [0.2, 0.25) is 0 Å². The molecule has 1 saturated heterocycles. The lowest BCUT2D eigenvalue weighted by Crippen LogP contribution is -3.15. The Bertz CT molecular complexity index is 871. The van der Waals surface area contributed by atoms with Gasteiger partial charge >= 0.3 is 0 Å². The quantitative estimate of drug-likeness (QED) is 0.792. The Labute approximate surface area is 178 Å². The van der Waals surface area contributed by atoms with Gasteiger partial charge in [0.25, 0.3) is 0 Å². The second-order valence-corrected chi connectivity index (χ2v) is 9.11. The van der Waals surface area contributed by atoms with E-state index in [1.165, 1.54) is 16.2 Å². The molecular weight excluding hydrogens is 378 g/mol. The predicted octanol–water partition coefficient (Wildman–Crippen LogP) is 2.02. The lowest BCUT2D eigenvalue weighted by Gasteiger charge is -2.38. The number of nitrogens with zero attached hydrogens (tertiary/aromatic N) is 1. The van der Waals surface area contributed by atoms with Crippen molar-refractivity contribution >= 4 is 11.6 Å². The number of nitrogens with one attached hydrogen (secondary N) is 2. The Hall–Kier alpha value is -2.73. The van der Waals surface area contributed by atoms with E-state index in [0.29, 0.717) is 6.54 Å². The van der Waals surface area contributed by atoms with Gasteiger partial charge in [-0.25, -0.2) is 0 Å². The van der Waals surface area contributed by atoms with Gasteiger partial charge < -0.3 is 24.6 Å². The first-order valence-corrected chi connectivity index (χ1v) is 10.7. The SMILES string of the molecule is CC(C)(C)C(=O)NC[C@@H](c1ccc2c(c1)OCO2)[NH+]1CCN(c2ccccc2)CC1. The third kappa shape index (κ3) is 4.54. The lowest BCUT2D eigenvalue weighted by molar-refractivity contribution is -0.931. The molecule has 0 saturated carbocycles. The number of benzene rings is 2. The lowest BCUT2D eigenvalue weighted by atomic mass is 9.95. The van der Waals surface area contributed by atoms with Gasteiger partial charge in [0.05, 0.1) is 32.7 Å². The number of quaternary nitrogens is 1. The maximum absolute atomic E-state index is 12.5. The van der Waals surface area contributed by atoms with Gasteiger partial charge in [0.2, 0.25) is 12.7 Å². The highest BCUT2D eigenvalue weighted by Crippen LogP contribution is 2.33. The van der Waals surface area contributed by atoms with Crippen LogP contribution in [-0.2, 0) is 4.79 Å². The Balaban J connectivity index is 1.49. The van der Waals surface area contributed by atoms with E-state index in [-0.39, 0.29) is 18.7 Å². The van der Waals surface area contributed by atoms with E-state index in [0.717, 1.165) is 37.7 Å². The molecular formula is C24H32N3O3+. The number of ether oxygens (including phenoxy) is 2. The minimum absolute atomic E-state index is 0.0792. The third-order valence-electron chi connectivity index (χ3n) is 5.97. The summed E-state index contributed by atoms with van der Waals surface area (Å²) in [7, 11) is 0. The van der Waals surface area contributed by atoms with E-state index >= 15 is 0 Å². The summed E-state index contributed by atoms with van der Waals surface area (Å²) >= 11 is 0. The van der Waals surface area contributed by atoms with Gasteiger partial charge in [0, 0.05) is 16.7 Å². The van der Waals surface area contributed by atoms with E-state index in [2.05, 4.69) is 52.7 Å². The molecule has 1 atom stereocenters. The van der Waals surface area contributed by atoms with Crippen LogP contribution < -0.4 is 24.6 Å². The summed E-state index contributed by atoms with van der Waals surface area (Å²) < 4.78 is 11.1. The van der Waals surface area contributed by atoms with E-state index in [1.54, 1.807) is 0 Å². The molecule has 30 heavy (non-hydrogen) atoms.